The van der Waals surface area contributed by atoms with E-state index in [2.05, 4.69) is 21.2 Å². The highest BCUT2D eigenvalue weighted by molar-refractivity contribution is 9.10. The van der Waals surface area contributed by atoms with Crippen LogP contribution in [-0.2, 0) is 11.3 Å². The number of nitrogens with one attached hydrogen (secondary N) is 1. The summed E-state index contributed by atoms with van der Waals surface area (Å²) in [6, 6.07) is 4.97. The van der Waals surface area contributed by atoms with Gasteiger partial charge in [0.25, 0.3) is 0 Å². The van der Waals surface area contributed by atoms with E-state index in [9.17, 15) is 4.39 Å². The highest BCUT2D eigenvalue weighted by atomic mass is 79.9. The van der Waals surface area contributed by atoms with E-state index in [4.69, 9.17) is 4.74 Å². The molecule has 1 N–H and O–H groups in total. The third kappa shape index (κ3) is 4.37. The number of halogens is 2. The Morgan fingerprint density at radius 1 is 1.41 bits per heavy atom. The van der Waals surface area contributed by atoms with Gasteiger partial charge >= 0.3 is 0 Å². The quantitative estimate of drug-likeness (QED) is 0.923. The number of hydrogen-bond donors (Lipinski definition) is 1. The van der Waals surface area contributed by atoms with Crippen molar-refractivity contribution in [3.63, 3.8) is 0 Å². The highest BCUT2D eigenvalue weighted by Crippen LogP contribution is 2.15. The molecular weight excluding hydrogens is 285 g/mol. The van der Waals surface area contributed by atoms with Crippen LogP contribution < -0.4 is 5.32 Å². The smallest absolute Gasteiger partial charge is 0.124 e. The van der Waals surface area contributed by atoms with E-state index in [0.29, 0.717) is 12.5 Å². The summed E-state index contributed by atoms with van der Waals surface area (Å²) in [7, 11) is 0. The van der Waals surface area contributed by atoms with Crippen LogP contribution in [0.25, 0.3) is 0 Å². The molecule has 1 atom stereocenters. The minimum atomic E-state index is -0.197. The van der Waals surface area contributed by atoms with Crippen LogP contribution in [0.4, 0.5) is 4.39 Å². The molecule has 1 unspecified atom stereocenters. The van der Waals surface area contributed by atoms with E-state index in [0.717, 1.165) is 36.2 Å². The van der Waals surface area contributed by atoms with Crippen molar-refractivity contribution < 1.29 is 9.13 Å². The lowest BCUT2D eigenvalue weighted by molar-refractivity contribution is 0.0547. The van der Waals surface area contributed by atoms with Gasteiger partial charge in [-0.1, -0.05) is 15.9 Å². The Bertz CT molecular complexity index is 346. The minimum Gasteiger partial charge on any atom is -0.381 e. The number of rotatable bonds is 4. The first-order chi connectivity index (χ1) is 8.24. The Morgan fingerprint density at radius 3 is 3.00 bits per heavy atom. The van der Waals surface area contributed by atoms with E-state index in [-0.39, 0.29) is 5.82 Å². The fourth-order valence-corrected chi connectivity index (χ4v) is 2.61. The zero-order chi connectivity index (χ0) is 12.1. The van der Waals surface area contributed by atoms with Gasteiger partial charge in [-0.2, -0.15) is 0 Å². The monoisotopic (exact) mass is 301 g/mol. The second-order valence-corrected chi connectivity index (χ2v) is 5.41. The average molecular weight is 302 g/mol. The highest BCUT2D eigenvalue weighted by Gasteiger charge is 2.13. The van der Waals surface area contributed by atoms with Gasteiger partial charge in [-0.05, 0) is 42.5 Å². The predicted octanol–water partition coefficient (Wildman–Crippen LogP) is 3.10. The molecule has 0 saturated carbocycles. The number of benzene rings is 1. The molecule has 1 heterocycles. The van der Waals surface area contributed by atoms with Gasteiger partial charge in [0.05, 0.1) is 6.61 Å². The Hall–Kier alpha value is -0.450. The van der Waals surface area contributed by atoms with Crippen molar-refractivity contribution in [3.05, 3.63) is 34.1 Å². The summed E-state index contributed by atoms with van der Waals surface area (Å²) in [6.45, 7) is 3.38. The average Bonchev–Trinajstić information content (AvgIpc) is 2.29. The second kappa shape index (κ2) is 6.47. The van der Waals surface area contributed by atoms with Gasteiger partial charge in [-0.25, -0.2) is 4.39 Å². The van der Waals surface area contributed by atoms with Gasteiger partial charge in [0.2, 0.25) is 0 Å². The van der Waals surface area contributed by atoms with Crippen LogP contribution in [0.3, 0.4) is 0 Å². The van der Waals surface area contributed by atoms with E-state index >= 15 is 0 Å². The number of hydrogen-bond acceptors (Lipinski definition) is 2. The van der Waals surface area contributed by atoms with Gasteiger partial charge in [-0.15, -0.1) is 0 Å². The minimum absolute atomic E-state index is 0.197. The SMILES string of the molecule is Fc1cc(Br)cc(CNCC2CCCOC2)c1. The molecule has 1 aromatic carbocycles. The lowest BCUT2D eigenvalue weighted by Gasteiger charge is -2.22. The van der Waals surface area contributed by atoms with E-state index in [1.54, 1.807) is 6.07 Å². The summed E-state index contributed by atoms with van der Waals surface area (Å²) in [5.41, 5.74) is 0.966. The molecule has 94 valence electrons. The predicted molar refractivity (Wildman–Crippen MR) is 69.3 cm³/mol. The fourth-order valence-electron chi connectivity index (χ4n) is 2.10. The summed E-state index contributed by atoms with van der Waals surface area (Å²) < 4.78 is 19.3. The van der Waals surface area contributed by atoms with Crippen LogP contribution in [0.5, 0.6) is 0 Å². The van der Waals surface area contributed by atoms with Crippen molar-refractivity contribution in [2.24, 2.45) is 5.92 Å². The van der Waals surface area contributed by atoms with Crippen molar-refractivity contribution in [1.29, 1.82) is 0 Å². The molecule has 2 rings (SSSR count). The molecule has 0 amide bonds. The Labute approximate surface area is 110 Å². The molecule has 4 heteroatoms. The van der Waals surface area contributed by atoms with Gasteiger partial charge < -0.3 is 10.1 Å². The molecule has 0 aromatic heterocycles. The van der Waals surface area contributed by atoms with Crippen LogP contribution in [-0.4, -0.2) is 19.8 Å². The van der Waals surface area contributed by atoms with Crippen molar-refractivity contribution in [1.82, 2.24) is 5.32 Å². The van der Waals surface area contributed by atoms with Crippen LogP contribution in [0.15, 0.2) is 22.7 Å². The molecule has 1 aliphatic heterocycles. The summed E-state index contributed by atoms with van der Waals surface area (Å²) in [5, 5.41) is 3.36. The van der Waals surface area contributed by atoms with Gasteiger partial charge in [0.15, 0.2) is 0 Å². The maximum Gasteiger partial charge on any atom is 0.124 e. The van der Waals surface area contributed by atoms with Gasteiger partial charge in [-0.3, -0.25) is 0 Å². The lowest BCUT2D eigenvalue weighted by Crippen LogP contribution is -2.28. The van der Waals surface area contributed by atoms with Crippen LogP contribution >= 0.6 is 15.9 Å². The summed E-state index contributed by atoms with van der Waals surface area (Å²) >= 11 is 3.29. The zero-order valence-corrected chi connectivity index (χ0v) is 11.3. The standard InChI is InChI=1S/C13H17BrFNO/c14-12-4-11(5-13(15)6-12)8-16-7-10-2-1-3-17-9-10/h4-6,10,16H,1-3,7-9H2. The summed E-state index contributed by atoms with van der Waals surface area (Å²) in [6.07, 6.45) is 2.37. The van der Waals surface area contributed by atoms with Gasteiger partial charge in [0.1, 0.15) is 5.82 Å². The first-order valence-corrected chi connectivity index (χ1v) is 6.77. The molecule has 1 saturated heterocycles. The van der Waals surface area contributed by atoms with Gasteiger partial charge in [0, 0.05) is 24.2 Å². The maximum absolute atomic E-state index is 13.1. The topological polar surface area (TPSA) is 21.3 Å². The first-order valence-electron chi connectivity index (χ1n) is 5.97. The fraction of sp³-hybridized carbons (Fsp3) is 0.538. The largest absolute Gasteiger partial charge is 0.381 e. The molecule has 0 aliphatic carbocycles. The number of ether oxygens (including phenoxy) is 1. The summed E-state index contributed by atoms with van der Waals surface area (Å²) in [5.74, 6) is 0.401. The van der Waals surface area contributed by atoms with Crippen molar-refractivity contribution in [2.45, 2.75) is 19.4 Å². The first kappa shape index (κ1) is 13.0. The molecular formula is C13H17BrFNO. The van der Waals surface area contributed by atoms with Crippen LogP contribution in [0, 0.1) is 11.7 Å². The summed E-state index contributed by atoms with van der Waals surface area (Å²) in [4.78, 5) is 0. The molecule has 2 nitrogen and oxygen atoms in total. The van der Waals surface area contributed by atoms with Crippen molar-refractivity contribution in [2.75, 3.05) is 19.8 Å². The molecule has 17 heavy (non-hydrogen) atoms. The molecule has 1 aliphatic rings. The molecule has 0 bridgehead atoms. The molecule has 0 radical (unpaired) electrons. The van der Waals surface area contributed by atoms with Crippen LogP contribution in [0.1, 0.15) is 18.4 Å². The normalized spacial score (nSPS) is 20.5. The molecule has 1 aromatic rings. The zero-order valence-electron chi connectivity index (χ0n) is 9.72. The lowest BCUT2D eigenvalue weighted by atomic mass is 10.0. The Kier molecular flexibility index (Phi) is 4.95. The third-order valence-corrected chi connectivity index (χ3v) is 3.40. The van der Waals surface area contributed by atoms with Crippen molar-refractivity contribution in [3.8, 4) is 0 Å². The second-order valence-electron chi connectivity index (χ2n) is 4.49. The van der Waals surface area contributed by atoms with Crippen molar-refractivity contribution >= 4 is 15.9 Å². The van der Waals surface area contributed by atoms with Crippen LogP contribution in [0.2, 0.25) is 0 Å². The van der Waals surface area contributed by atoms with E-state index in [1.807, 2.05) is 6.07 Å². The maximum atomic E-state index is 13.1. The Morgan fingerprint density at radius 2 is 2.29 bits per heavy atom. The van der Waals surface area contributed by atoms with E-state index in [1.165, 1.54) is 12.5 Å². The van der Waals surface area contributed by atoms with E-state index < -0.39 is 0 Å². The Balaban J connectivity index is 1.77. The molecule has 0 spiro atoms. The molecule has 1 fully saturated rings. The third-order valence-electron chi connectivity index (χ3n) is 2.94.